The number of amides is 1. The van der Waals surface area contributed by atoms with Gasteiger partial charge in [-0.1, -0.05) is 30.3 Å². The zero-order chi connectivity index (χ0) is 18.9. The first-order valence-electron chi connectivity index (χ1n) is 8.40. The summed E-state index contributed by atoms with van der Waals surface area (Å²) >= 11 is 0. The van der Waals surface area contributed by atoms with Crippen LogP contribution in [0.25, 0.3) is 0 Å². The van der Waals surface area contributed by atoms with E-state index < -0.39 is 0 Å². The molecule has 0 aromatic heterocycles. The predicted octanol–water partition coefficient (Wildman–Crippen LogP) is 3.17. The maximum absolute atomic E-state index is 12.3. The van der Waals surface area contributed by atoms with Crippen molar-refractivity contribution in [1.29, 1.82) is 0 Å². The molecule has 26 heavy (non-hydrogen) atoms. The third-order valence-electron chi connectivity index (χ3n) is 4.02. The lowest BCUT2D eigenvalue weighted by atomic mass is 10.2. The number of methoxy groups -OCH3 is 3. The van der Waals surface area contributed by atoms with Gasteiger partial charge in [0.15, 0.2) is 11.5 Å². The standard InChI is InChI=1S/C20H26N2O4/c1-22(14-15-8-6-5-7-9-15)19(23)10-11-21-16-12-17(24-2)20(26-4)18(13-16)25-3/h5-9,12-13,21H,10-11,14H2,1-4H3. The van der Waals surface area contributed by atoms with E-state index in [1.165, 1.54) is 0 Å². The Labute approximate surface area is 154 Å². The van der Waals surface area contributed by atoms with Crippen molar-refractivity contribution in [2.75, 3.05) is 40.2 Å². The van der Waals surface area contributed by atoms with Crippen LogP contribution in [-0.4, -0.2) is 45.7 Å². The van der Waals surface area contributed by atoms with Gasteiger partial charge >= 0.3 is 0 Å². The topological polar surface area (TPSA) is 60.0 Å². The Balaban J connectivity index is 1.91. The van der Waals surface area contributed by atoms with Crippen molar-refractivity contribution in [2.45, 2.75) is 13.0 Å². The molecular weight excluding hydrogens is 332 g/mol. The molecule has 0 bridgehead atoms. The van der Waals surface area contributed by atoms with Crippen LogP contribution in [-0.2, 0) is 11.3 Å². The zero-order valence-electron chi connectivity index (χ0n) is 15.7. The fourth-order valence-electron chi connectivity index (χ4n) is 2.63. The van der Waals surface area contributed by atoms with Crippen LogP contribution in [0.15, 0.2) is 42.5 Å². The van der Waals surface area contributed by atoms with E-state index in [1.54, 1.807) is 26.2 Å². The molecule has 2 rings (SSSR count). The molecule has 0 aliphatic heterocycles. The van der Waals surface area contributed by atoms with Crippen molar-refractivity contribution < 1.29 is 19.0 Å². The second-order valence-electron chi connectivity index (χ2n) is 5.83. The van der Waals surface area contributed by atoms with Crippen molar-refractivity contribution in [2.24, 2.45) is 0 Å². The third kappa shape index (κ3) is 5.05. The number of anilines is 1. The van der Waals surface area contributed by atoms with Crippen LogP contribution in [0.4, 0.5) is 5.69 Å². The summed E-state index contributed by atoms with van der Waals surface area (Å²) in [5, 5.41) is 3.23. The molecule has 2 aromatic carbocycles. The molecule has 0 aliphatic carbocycles. The third-order valence-corrected chi connectivity index (χ3v) is 4.02. The number of benzene rings is 2. The summed E-state index contributed by atoms with van der Waals surface area (Å²) < 4.78 is 16.0. The average Bonchev–Trinajstić information content (AvgIpc) is 2.67. The maximum Gasteiger partial charge on any atom is 0.224 e. The van der Waals surface area contributed by atoms with Gasteiger partial charge in [-0.05, 0) is 5.56 Å². The number of hydrogen-bond acceptors (Lipinski definition) is 5. The first-order chi connectivity index (χ1) is 12.6. The lowest BCUT2D eigenvalue weighted by Crippen LogP contribution is -2.27. The molecule has 1 N–H and O–H groups in total. The molecule has 0 unspecified atom stereocenters. The molecule has 6 nitrogen and oxygen atoms in total. The Morgan fingerprint density at radius 2 is 1.62 bits per heavy atom. The Hall–Kier alpha value is -2.89. The molecule has 6 heteroatoms. The highest BCUT2D eigenvalue weighted by atomic mass is 16.5. The van der Waals surface area contributed by atoms with Gasteiger partial charge in [-0.25, -0.2) is 0 Å². The van der Waals surface area contributed by atoms with E-state index in [0.717, 1.165) is 11.3 Å². The molecule has 140 valence electrons. The highest BCUT2D eigenvalue weighted by Crippen LogP contribution is 2.39. The quantitative estimate of drug-likeness (QED) is 0.746. The van der Waals surface area contributed by atoms with Gasteiger partial charge in [-0.2, -0.15) is 0 Å². The van der Waals surface area contributed by atoms with E-state index in [2.05, 4.69) is 5.32 Å². The second-order valence-corrected chi connectivity index (χ2v) is 5.83. The Kier molecular flexibility index (Phi) is 7.14. The molecule has 0 saturated carbocycles. The number of nitrogens with zero attached hydrogens (tertiary/aromatic N) is 1. The van der Waals surface area contributed by atoms with Gasteiger partial charge in [0, 0.05) is 44.4 Å². The number of carbonyl (C=O) groups is 1. The monoisotopic (exact) mass is 358 g/mol. The number of nitrogens with one attached hydrogen (secondary N) is 1. The zero-order valence-corrected chi connectivity index (χ0v) is 15.7. The van der Waals surface area contributed by atoms with E-state index in [0.29, 0.717) is 36.8 Å². The van der Waals surface area contributed by atoms with Crippen LogP contribution in [0.2, 0.25) is 0 Å². The van der Waals surface area contributed by atoms with E-state index in [-0.39, 0.29) is 5.91 Å². The van der Waals surface area contributed by atoms with Gasteiger partial charge in [0.1, 0.15) is 0 Å². The van der Waals surface area contributed by atoms with Crippen molar-refractivity contribution in [3.05, 3.63) is 48.0 Å². The van der Waals surface area contributed by atoms with Gasteiger partial charge in [0.25, 0.3) is 0 Å². The Bertz CT molecular complexity index is 694. The summed E-state index contributed by atoms with van der Waals surface area (Å²) in [6.45, 7) is 1.11. The highest BCUT2D eigenvalue weighted by Gasteiger charge is 2.14. The van der Waals surface area contributed by atoms with Crippen LogP contribution >= 0.6 is 0 Å². The smallest absolute Gasteiger partial charge is 0.224 e. The molecule has 0 aliphatic rings. The molecule has 0 fully saturated rings. The minimum atomic E-state index is 0.0776. The van der Waals surface area contributed by atoms with Crippen LogP contribution in [0.5, 0.6) is 17.2 Å². The minimum Gasteiger partial charge on any atom is -0.493 e. The number of ether oxygens (including phenoxy) is 3. The summed E-state index contributed by atoms with van der Waals surface area (Å²) in [5.74, 6) is 1.76. The van der Waals surface area contributed by atoms with Crippen molar-refractivity contribution in [3.63, 3.8) is 0 Å². The van der Waals surface area contributed by atoms with Crippen LogP contribution < -0.4 is 19.5 Å². The minimum absolute atomic E-state index is 0.0776. The van der Waals surface area contributed by atoms with E-state index in [4.69, 9.17) is 14.2 Å². The van der Waals surface area contributed by atoms with Gasteiger partial charge in [-0.15, -0.1) is 0 Å². The fourth-order valence-corrected chi connectivity index (χ4v) is 2.63. The van der Waals surface area contributed by atoms with Gasteiger partial charge in [0.05, 0.1) is 21.3 Å². The van der Waals surface area contributed by atoms with Gasteiger partial charge < -0.3 is 24.4 Å². The average molecular weight is 358 g/mol. The molecule has 0 radical (unpaired) electrons. The van der Waals surface area contributed by atoms with Crippen molar-refractivity contribution in [1.82, 2.24) is 4.90 Å². The van der Waals surface area contributed by atoms with Crippen LogP contribution in [0.3, 0.4) is 0 Å². The predicted molar refractivity (Wildman–Crippen MR) is 102 cm³/mol. The molecule has 0 saturated heterocycles. The molecule has 2 aromatic rings. The SMILES string of the molecule is COc1cc(NCCC(=O)N(C)Cc2ccccc2)cc(OC)c1OC. The summed E-state index contributed by atoms with van der Waals surface area (Å²) in [7, 11) is 6.52. The van der Waals surface area contributed by atoms with Gasteiger partial charge in [0.2, 0.25) is 11.7 Å². The van der Waals surface area contributed by atoms with E-state index >= 15 is 0 Å². The fraction of sp³-hybridized carbons (Fsp3) is 0.350. The number of carbonyl (C=O) groups excluding carboxylic acids is 1. The largest absolute Gasteiger partial charge is 0.493 e. The molecule has 1 amide bonds. The molecule has 0 atom stereocenters. The highest BCUT2D eigenvalue weighted by molar-refractivity contribution is 5.76. The maximum atomic E-state index is 12.3. The Morgan fingerprint density at radius 3 is 2.15 bits per heavy atom. The van der Waals surface area contributed by atoms with Gasteiger partial charge in [-0.3, -0.25) is 4.79 Å². The summed E-state index contributed by atoms with van der Waals surface area (Å²) in [5.41, 5.74) is 1.92. The van der Waals surface area contributed by atoms with Crippen LogP contribution in [0, 0.1) is 0 Å². The summed E-state index contributed by atoms with van der Waals surface area (Å²) in [6, 6.07) is 13.6. The summed E-state index contributed by atoms with van der Waals surface area (Å²) in [4.78, 5) is 14.0. The molecule has 0 heterocycles. The Morgan fingerprint density at radius 1 is 1.00 bits per heavy atom. The lowest BCUT2D eigenvalue weighted by Gasteiger charge is -2.18. The first kappa shape index (κ1) is 19.4. The van der Waals surface area contributed by atoms with E-state index in [1.807, 2.05) is 49.5 Å². The number of hydrogen-bond donors (Lipinski definition) is 1. The van der Waals surface area contributed by atoms with Crippen molar-refractivity contribution in [3.8, 4) is 17.2 Å². The second kappa shape index (κ2) is 9.56. The first-order valence-corrected chi connectivity index (χ1v) is 8.40. The molecule has 0 spiro atoms. The summed E-state index contributed by atoms with van der Waals surface area (Å²) in [6.07, 6.45) is 0.389. The van der Waals surface area contributed by atoms with E-state index in [9.17, 15) is 4.79 Å². The molecular formula is C20H26N2O4. The number of rotatable bonds is 9. The van der Waals surface area contributed by atoms with Crippen molar-refractivity contribution >= 4 is 11.6 Å². The normalized spacial score (nSPS) is 10.2. The lowest BCUT2D eigenvalue weighted by molar-refractivity contribution is -0.130. The van der Waals surface area contributed by atoms with Crippen LogP contribution in [0.1, 0.15) is 12.0 Å².